The van der Waals surface area contributed by atoms with Crippen LogP contribution in [0.5, 0.6) is 0 Å². The molecule has 0 bridgehead atoms. The van der Waals surface area contributed by atoms with Crippen LogP contribution in [0, 0.1) is 17.8 Å². The van der Waals surface area contributed by atoms with Crippen molar-refractivity contribution in [2.45, 2.75) is 20.8 Å². The van der Waals surface area contributed by atoms with Gasteiger partial charge >= 0.3 is 0 Å². The minimum atomic E-state index is 0.741. The predicted octanol–water partition coefficient (Wildman–Crippen LogP) is 1.98. The van der Waals surface area contributed by atoms with Gasteiger partial charge in [-0.05, 0) is 11.8 Å². The Balaban J connectivity index is 2.49. The lowest BCUT2D eigenvalue weighted by molar-refractivity contribution is 0.393. The second-order valence-electron chi connectivity index (χ2n) is 3.31. The van der Waals surface area contributed by atoms with E-state index in [1.807, 2.05) is 0 Å². The van der Waals surface area contributed by atoms with Gasteiger partial charge in [0.1, 0.15) is 0 Å². The highest BCUT2D eigenvalue weighted by atomic mass is 14.8. The Bertz CT molecular complexity index is 116. The van der Waals surface area contributed by atoms with Gasteiger partial charge in [-0.3, -0.25) is 4.99 Å². The first-order valence-electron chi connectivity index (χ1n) is 3.71. The fourth-order valence-electron chi connectivity index (χ4n) is 1.45. The maximum atomic E-state index is 4.24. The van der Waals surface area contributed by atoms with Gasteiger partial charge in [0.05, 0.1) is 0 Å². The summed E-state index contributed by atoms with van der Waals surface area (Å²) in [4.78, 5) is 4.24. The van der Waals surface area contributed by atoms with Gasteiger partial charge in [0.25, 0.3) is 0 Å². The van der Waals surface area contributed by atoms with Crippen molar-refractivity contribution in [1.29, 1.82) is 0 Å². The number of aliphatic imine (C=N–C) groups is 1. The highest BCUT2D eigenvalue weighted by molar-refractivity contribution is 5.63. The van der Waals surface area contributed by atoms with Crippen LogP contribution in [0.1, 0.15) is 20.8 Å². The molecule has 1 aliphatic heterocycles. The normalized spacial score (nSPS) is 34.2. The molecule has 52 valence electrons. The molecule has 0 amide bonds. The molecule has 0 saturated carbocycles. The first kappa shape index (κ1) is 6.79. The molecule has 0 aromatic rings. The van der Waals surface area contributed by atoms with Crippen LogP contribution in [-0.2, 0) is 0 Å². The molecule has 1 aliphatic rings. The molecule has 0 fully saturated rings. The molecule has 0 unspecified atom stereocenters. The SMILES string of the molecule is CC(C)[C@@H]1C=NC[C@@H]1C. The van der Waals surface area contributed by atoms with Crippen LogP contribution in [0.2, 0.25) is 0 Å². The van der Waals surface area contributed by atoms with Crippen molar-refractivity contribution in [3.8, 4) is 0 Å². The Morgan fingerprint density at radius 1 is 1.56 bits per heavy atom. The van der Waals surface area contributed by atoms with Gasteiger partial charge in [0.15, 0.2) is 0 Å². The summed E-state index contributed by atoms with van der Waals surface area (Å²) in [5.74, 6) is 2.29. The van der Waals surface area contributed by atoms with Crippen molar-refractivity contribution >= 4 is 6.21 Å². The van der Waals surface area contributed by atoms with Crippen LogP contribution >= 0.6 is 0 Å². The molecule has 0 aromatic heterocycles. The largest absolute Gasteiger partial charge is 0.297 e. The summed E-state index contributed by atoms with van der Waals surface area (Å²) >= 11 is 0. The Morgan fingerprint density at radius 3 is 2.44 bits per heavy atom. The summed E-state index contributed by atoms with van der Waals surface area (Å²) in [6.45, 7) is 7.84. The van der Waals surface area contributed by atoms with Crippen LogP contribution in [0.4, 0.5) is 0 Å². The Kier molecular flexibility index (Phi) is 1.89. The van der Waals surface area contributed by atoms with Crippen LogP contribution in [0.25, 0.3) is 0 Å². The van der Waals surface area contributed by atoms with Crippen molar-refractivity contribution in [3.63, 3.8) is 0 Å². The number of hydrogen-bond acceptors (Lipinski definition) is 1. The molecule has 9 heavy (non-hydrogen) atoms. The Morgan fingerprint density at radius 2 is 2.22 bits per heavy atom. The van der Waals surface area contributed by atoms with E-state index in [0.717, 1.165) is 24.3 Å². The maximum Gasteiger partial charge on any atom is 0.0417 e. The third kappa shape index (κ3) is 1.32. The summed E-state index contributed by atoms with van der Waals surface area (Å²) in [6, 6.07) is 0. The zero-order valence-corrected chi connectivity index (χ0v) is 6.46. The molecule has 1 heterocycles. The van der Waals surface area contributed by atoms with Crippen LogP contribution in [0.3, 0.4) is 0 Å². The summed E-state index contributed by atoms with van der Waals surface area (Å²) in [6.07, 6.45) is 2.12. The lowest BCUT2D eigenvalue weighted by atomic mass is 9.88. The molecule has 0 aliphatic carbocycles. The smallest absolute Gasteiger partial charge is 0.0417 e. The summed E-state index contributed by atoms with van der Waals surface area (Å²) in [7, 11) is 0. The fourth-order valence-corrected chi connectivity index (χ4v) is 1.45. The van der Waals surface area contributed by atoms with E-state index in [9.17, 15) is 0 Å². The van der Waals surface area contributed by atoms with Gasteiger partial charge in [-0.25, -0.2) is 0 Å². The molecule has 2 atom stereocenters. The predicted molar refractivity (Wildman–Crippen MR) is 40.9 cm³/mol. The van der Waals surface area contributed by atoms with Crippen LogP contribution in [-0.4, -0.2) is 12.8 Å². The van der Waals surface area contributed by atoms with Crippen LogP contribution < -0.4 is 0 Å². The molecule has 0 aromatic carbocycles. The van der Waals surface area contributed by atoms with E-state index in [2.05, 4.69) is 32.0 Å². The topological polar surface area (TPSA) is 12.4 Å². The molecule has 1 heteroatoms. The Labute approximate surface area is 57.2 Å². The van der Waals surface area contributed by atoms with Crippen molar-refractivity contribution in [1.82, 2.24) is 0 Å². The van der Waals surface area contributed by atoms with Gasteiger partial charge in [-0.1, -0.05) is 20.8 Å². The minimum Gasteiger partial charge on any atom is -0.297 e. The standard InChI is InChI=1S/C8H15N/c1-6(2)8-5-9-4-7(8)3/h5-8H,4H2,1-3H3/t7-,8-/m0/s1. The highest BCUT2D eigenvalue weighted by Crippen LogP contribution is 2.23. The number of hydrogen-bond donors (Lipinski definition) is 0. The van der Waals surface area contributed by atoms with Crippen molar-refractivity contribution < 1.29 is 0 Å². The third-order valence-electron chi connectivity index (χ3n) is 2.10. The molecule has 0 spiro atoms. The summed E-state index contributed by atoms with van der Waals surface area (Å²) in [5, 5.41) is 0. The summed E-state index contributed by atoms with van der Waals surface area (Å²) < 4.78 is 0. The van der Waals surface area contributed by atoms with E-state index in [4.69, 9.17) is 0 Å². The lowest BCUT2D eigenvalue weighted by Crippen LogP contribution is -2.15. The van der Waals surface area contributed by atoms with Crippen molar-refractivity contribution in [2.75, 3.05) is 6.54 Å². The minimum absolute atomic E-state index is 0.741. The first-order valence-corrected chi connectivity index (χ1v) is 3.71. The van der Waals surface area contributed by atoms with Gasteiger partial charge in [-0.15, -0.1) is 0 Å². The second-order valence-corrected chi connectivity index (χ2v) is 3.31. The molecule has 0 N–H and O–H groups in total. The lowest BCUT2D eigenvalue weighted by Gasteiger charge is -2.15. The first-order chi connectivity index (χ1) is 4.22. The van der Waals surface area contributed by atoms with Crippen molar-refractivity contribution in [3.05, 3.63) is 0 Å². The van der Waals surface area contributed by atoms with E-state index in [1.54, 1.807) is 0 Å². The molecular formula is C8H15N. The molecule has 1 nitrogen and oxygen atoms in total. The third-order valence-corrected chi connectivity index (χ3v) is 2.10. The zero-order chi connectivity index (χ0) is 6.85. The summed E-state index contributed by atoms with van der Waals surface area (Å²) in [5.41, 5.74) is 0. The van der Waals surface area contributed by atoms with E-state index in [1.165, 1.54) is 0 Å². The van der Waals surface area contributed by atoms with Crippen LogP contribution in [0.15, 0.2) is 4.99 Å². The van der Waals surface area contributed by atoms with Crippen molar-refractivity contribution in [2.24, 2.45) is 22.7 Å². The number of rotatable bonds is 1. The molecule has 0 saturated heterocycles. The van der Waals surface area contributed by atoms with E-state index in [0.29, 0.717) is 0 Å². The number of nitrogens with zero attached hydrogens (tertiary/aromatic N) is 1. The molecule has 1 rings (SSSR count). The average molecular weight is 125 g/mol. The Hall–Kier alpha value is -0.330. The van der Waals surface area contributed by atoms with E-state index in [-0.39, 0.29) is 0 Å². The van der Waals surface area contributed by atoms with Gasteiger partial charge in [-0.2, -0.15) is 0 Å². The van der Waals surface area contributed by atoms with Gasteiger partial charge in [0, 0.05) is 18.7 Å². The fraction of sp³-hybridized carbons (Fsp3) is 0.875. The monoisotopic (exact) mass is 125 g/mol. The quantitative estimate of drug-likeness (QED) is 0.508. The van der Waals surface area contributed by atoms with E-state index >= 15 is 0 Å². The highest BCUT2D eigenvalue weighted by Gasteiger charge is 2.21. The average Bonchev–Trinajstić information content (AvgIpc) is 2.13. The maximum absolute atomic E-state index is 4.24. The van der Waals surface area contributed by atoms with Gasteiger partial charge in [0.2, 0.25) is 0 Å². The zero-order valence-electron chi connectivity index (χ0n) is 6.46. The molecule has 0 radical (unpaired) electrons. The second kappa shape index (κ2) is 2.51. The van der Waals surface area contributed by atoms with Gasteiger partial charge < -0.3 is 0 Å². The van der Waals surface area contributed by atoms with E-state index < -0.39 is 0 Å². The molecular weight excluding hydrogens is 110 g/mol.